The molecular weight excluding hydrogens is 336 g/mol. The van der Waals surface area contributed by atoms with Crippen LogP contribution in [-0.4, -0.2) is 11.7 Å². The Hall–Kier alpha value is -3.66. The topological polar surface area (TPSA) is 72.2 Å². The molecule has 1 aliphatic carbocycles. The predicted octanol–water partition coefficient (Wildman–Crippen LogP) is 4.80. The molecule has 3 N–H and O–H groups in total. The smallest absolute Gasteiger partial charge is 0.248 e. The summed E-state index contributed by atoms with van der Waals surface area (Å²) in [6.45, 7) is 0. The van der Waals surface area contributed by atoms with Crippen LogP contribution >= 0.6 is 0 Å². The number of fused-ring (bicyclic) bond motifs is 1. The van der Waals surface area contributed by atoms with Crippen molar-refractivity contribution in [1.82, 2.24) is 0 Å². The maximum absolute atomic E-state index is 12.7. The number of ketones is 1. The van der Waals surface area contributed by atoms with Crippen molar-refractivity contribution in [2.75, 3.05) is 5.32 Å². The van der Waals surface area contributed by atoms with Crippen LogP contribution in [-0.2, 0) is 0 Å². The molecular formula is C23H18N2O2. The molecule has 0 bridgehead atoms. The third-order valence-electron chi connectivity index (χ3n) is 4.65. The number of nitrogens with two attached hydrogens (primary N) is 1. The Morgan fingerprint density at radius 2 is 1.67 bits per heavy atom. The summed E-state index contributed by atoms with van der Waals surface area (Å²) in [4.78, 5) is 24.0. The second-order valence-corrected chi connectivity index (χ2v) is 6.41. The fourth-order valence-corrected chi connectivity index (χ4v) is 3.33. The van der Waals surface area contributed by atoms with Crippen molar-refractivity contribution in [3.05, 3.63) is 89.5 Å². The highest BCUT2D eigenvalue weighted by Gasteiger charge is 2.21. The molecule has 0 saturated carbocycles. The monoisotopic (exact) mass is 354 g/mol. The van der Waals surface area contributed by atoms with Crippen LogP contribution in [0.5, 0.6) is 0 Å². The second kappa shape index (κ2) is 6.92. The number of para-hydroxylation sites is 1. The zero-order valence-corrected chi connectivity index (χ0v) is 14.6. The molecule has 4 rings (SSSR count). The van der Waals surface area contributed by atoms with E-state index in [1.165, 1.54) is 0 Å². The molecule has 0 spiro atoms. The minimum atomic E-state index is -0.457. The summed E-state index contributed by atoms with van der Waals surface area (Å²) in [7, 11) is 0. The highest BCUT2D eigenvalue weighted by molar-refractivity contribution is 6.10. The number of anilines is 2. The van der Waals surface area contributed by atoms with Crippen LogP contribution in [0.25, 0.3) is 17.2 Å². The van der Waals surface area contributed by atoms with Gasteiger partial charge < -0.3 is 11.1 Å². The van der Waals surface area contributed by atoms with Crippen LogP contribution in [0.4, 0.5) is 11.4 Å². The summed E-state index contributed by atoms with van der Waals surface area (Å²) in [5.74, 6) is -0.373. The fourth-order valence-electron chi connectivity index (χ4n) is 3.33. The molecule has 3 aromatic carbocycles. The van der Waals surface area contributed by atoms with Gasteiger partial charge in [0.25, 0.3) is 0 Å². The van der Waals surface area contributed by atoms with Crippen molar-refractivity contribution < 1.29 is 9.59 Å². The van der Waals surface area contributed by atoms with Crippen LogP contribution < -0.4 is 11.1 Å². The van der Waals surface area contributed by atoms with E-state index in [9.17, 15) is 9.59 Å². The first-order chi connectivity index (χ1) is 13.1. The van der Waals surface area contributed by atoms with Gasteiger partial charge in [0.1, 0.15) is 0 Å². The Morgan fingerprint density at radius 1 is 0.926 bits per heavy atom. The van der Waals surface area contributed by atoms with E-state index in [4.69, 9.17) is 5.73 Å². The number of primary amides is 1. The summed E-state index contributed by atoms with van der Waals surface area (Å²) in [5.41, 5.74) is 11.0. The summed E-state index contributed by atoms with van der Waals surface area (Å²) in [5, 5.41) is 3.35. The Balaban J connectivity index is 1.81. The average Bonchev–Trinajstić information content (AvgIpc) is 2.69. The van der Waals surface area contributed by atoms with E-state index in [2.05, 4.69) is 5.32 Å². The van der Waals surface area contributed by atoms with E-state index >= 15 is 0 Å². The standard InChI is InChI=1S/C23H18N2O2/c24-23(27)16-11-9-15(10-12-16)18-13-14-20(25-17-5-2-1-3-6-17)22-19(18)7-4-8-21(22)26/h1-7,9-14,25H,8H2,(H2,24,27). The number of Topliss-reactive ketones (excluding diaryl/α,β-unsaturated/α-hetero) is 1. The van der Waals surface area contributed by atoms with Crippen molar-refractivity contribution in [1.29, 1.82) is 0 Å². The molecule has 0 atom stereocenters. The number of hydrogen-bond donors (Lipinski definition) is 2. The van der Waals surface area contributed by atoms with Gasteiger partial charge in [0, 0.05) is 23.2 Å². The first-order valence-electron chi connectivity index (χ1n) is 8.72. The fraction of sp³-hybridized carbons (Fsp3) is 0.0435. The Bertz CT molecular complexity index is 1050. The molecule has 1 amide bonds. The van der Waals surface area contributed by atoms with Gasteiger partial charge in [-0.05, 0) is 47.0 Å². The summed E-state index contributed by atoms with van der Waals surface area (Å²) in [6, 6.07) is 20.8. The first kappa shape index (κ1) is 16.8. The number of allylic oxidation sites excluding steroid dienone is 1. The minimum Gasteiger partial charge on any atom is -0.366 e. The van der Waals surface area contributed by atoms with Crippen molar-refractivity contribution in [3.8, 4) is 11.1 Å². The summed E-state index contributed by atoms with van der Waals surface area (Å²) in [6.07, 6.45) is 4.27. The lowest BCUT2D eigenvalue weighted by molar-refractivity contribution is 0.0989. The third-order valence-corrected chi connectivity index (χ3v) is 4.65. The van der Waals surface area contributed by atoms with Gasteiger partial charge in [0.2, 0.25) is 5.91 Å². The van der Waals surface area contributed by atoms with Crippen LogP contribution in [0.2, 0.25) is 0 Å². The summed E-state index contributed by atoms with van der Waals surface area (Å²) >= 11 is 0. The number of hydrogen-bond acceptors (Lipinski definition) is 3. The van der Waals surface area contributed by atoms with Crippen molar-refractivity contribution in [2.45, 2.75) is 6.42 Å². The molecule has 4 nitrogen and oxygen atoms in total. The van der Waals surface area contributed by atoms with Gasteiger partial charge >= 0.3 is 0 Å². The van der Waals surface area contributed by atoms with Crippen molar-refractivity contribution in [2.24, 2.45) is 5.73 Å². The molecule has 0 unspecified atom stereocenters. The Kier molecular flexibility index (Phi) is 4.30. The number of amides is 1. The number of carbonyl (C=O) groups excluding carboxylic acids is 2. The molecule has 132 valence electrons. The van der Waals surface area contributed by atoms with E-state index in [0.29, 0.717) is 17.5 Å². The first-order valence-corrected chi connectivity index (χ1v) is 8.72. The van der Waals surface area contributed by atoms with Crippen LogP contribution in [0.3, 0.4) is 0 Å². The molecule has 3 aromatic rings. The second-order valence-electron chi connectivity index (χ2n) is 6.41. The van der Waals surface area contributed by atoms with E-state index in [0.717, 1.165) is 28.1 Å². The summed E-state index contributed by atoms with van der Waals surface area (Å²) < 4.78 is 0. The quantitative estimate of drug-likeness (QED) is 0.707. The lowest BCUT2D eigenvalue weighted by Gasteiger charge is -2.19. The van der Waals surface area contributed by atoms with Crippen LogP contribution in [0.1, 0.15) is 32.7 Å². The molecule has 0 saturated heterocycles. The Labute approximate surface area is 157 Å². The highest BCUT2D eigenvalue weighted by atomic mass is 16.1. The largest absolute Gasteiger partial charge is 0.366 e. The Morgan fingerprint density at radius 3 is 2.37 bits per heavy atom. The molecule has 0 aliphatic heterocycles. The average molecular weight is 354 g/mol. The highest BCUT2D eigenvalue weighted by Crippen LogP contribution is 2.36. The number of nitrogens with one attached hydrogen (secondary N) is 1. The van der Waals surface area contributed by atoms with Gasteiger partial charge in [0.05, 0.1) is 5.69 Å². The molecule has 27 heavy (non-hydrogen) atoms. The zero-order chi connectivity index (χ0) is 18.8. The maximum Gasteiger partial charge on any atom is 0.248 e. The predicted molar refractivity (Wildman–Crippen MR) is 108 cm³/mol. The van der Waals surface area contributed by atoms with Gasteiger partial charge in [-0.2, -0.15) is 0 Å². The third kappa shape index (κ3) is 3.25. The van der Waals surface area contributed by atoms with Gasteiger partial charge in [-0.15, -0.1) is 0 Å². The molecule has 0 aromatic heterocycles. The number of benzene rings is 3. The van der Waals surface area contributed by atoms with Gasteiger partial charge in [0.15, 0.2) is 5.78 Å². The van der Waals surface area contributed by atoms with Gasteiger partial charge in [-0.3, -0.25) is 9.59 Å². The number of carbonyl (C=O) groups is 2. The maximum atomic E-state index is 12.7. The van der Waals surface area contributed by atoms with Crippen LogP contribution in [0, 0.1) is 0 Å². The SMILES string of the molecule is NC(=O)c1ccc(-c2ccc(Nc3ccccc3)c3c2C=CCC3=O)cc1. The molecule has 4 heteroatoms. The van der Waals surface area contributed by atoms with Crippen LogP contribution in [0.15, 0.2) is 72.8 Å². The van der Waals surface area contributed by atoms with E-state index < -0.39 is 5.91 Å². The molecule has 0 radical (unpaired) electrons. The lowest BCUT2D eigenvalue weighted by atomic mass is 9.87. The number of rotatable bonds is 4. The van der Waals surface area contributed by atoms with E-state index in [-0.39, 0.29) is 5.78 Å². The molecule has 0 heterocycles. The zero-order valence-electron chi connectivity index (χ0n) is 14.6. The van der Waals surface area contributed by atoms with Crippen molar-refractivity contribution in [3.63, 3.8) is 0 Å². The van der Waals surface area contributed by atoms with Gasteiger partial charge in [-0.1, -0.05) is 48.6 Å². The normalized spacial score (nSPS) is 12.5. The minimum absolute atomic E-state index is 0.0848. The van der Waals surface area contributed by atoms with E-state index in [1.807, 2.05) is 66.7 Å². The van der Waals surface area contributed by atoms with Gasteiger partial charge in [-0.25, -0.2) is 0 Å². The van der Waals surface area contributed by atoms with Crippen molar-refractivity contribution >= 4 is 29.1 Å². The molecule has 1 aliphatic rings. The van der Waals surface area contributed by atoms with E-state index in [1.54, 1.807) is 12.1 Å². The molecule has 0 fully saturated rings. The lowest BCUT2D eigenvalue weighted by Crippen LogP contribution is -2.11.